The minimum absolute atomic E-state index is 0.135. The lowest BCUT2D eigenvalue weighted by molar-refractivity contribution is -0.125. The molecule has 1 aliphatic rings. The van der Waals surface area contributed by atoms with Gasteiger partial charge in [0.25, 0.3) is 0 Å². The second-order valence-corrected chi connectivity index (χ2v) is 4.21. The molecule has 0 N–H and O–H groups in total. The van der Waals surface area contributed by atoms with Gasteiger partial charge in [0.15, 0.2) is 0 Å². The van der Waals surface area contributed by atoms with Gasteiger partial charge in [-0.1, -0.05) is 19.8 Å². The Morgan fingerprint density at radius 3 is 2.73 bits per heavy atom. The number of amides is 1. The summed E-state index contributed by atoms with van der Waals surface area (Å²) in [6.07, 6.45) is 5.86. The van der Waals surface area contributed by atoms with Crippen LogP contribution in [0.5, 0.6) is 0 Å². The minimum atomic E-state index is 0.135. The summed E-state index contributed by atoms with van der Waals surface area (Å²) in [5.41, 5.74) is 0. The molecule has 0 aromatic carbocycles. The van der Waals surface area contributed by atoms with Crippen LogP contribution in [-0.2, 0) is 4.79 Å². The maximum atomic E-state index is 11.5. The Morgan fingerprint density at radius 1 is 1.47 bits per heavy atom. The largest absolute Gasteiger partial charge is 0.301 e. The van der Waals surface area contributed by atoms with Crippen LogP contribution in [0.1, 0.15) is 46.0 Å². The summed E-state index contributed by atoms with van der Waals surface area (Å²) in [7, 11) is 1.80. The number of likely N-dealkylation sites (tertiary alicyclic amines) is 1. The third-order valence-electron chi connectivity index (χ3n) is 3.18. The number of carbonyl (C=O) groups excluding carboxylic acids is 1. The molecule has 1 saturated heterocycles. The van der Waals surface area contributed by atoms with E-state index in [0.29, 0.717) is 5.92 Å². The van der Waals surface area contributed by atoms with Crippen molar-refractivity contribution in [3.8, 4) is 0 Å². The zero-order valence-corrected chi connectivity index (χ0v) is 10.1. The Balaban J connectivity index is 2.85. The average molecular weight is 210 g/mol. The fourth-order valence-corrected chi connectivity index (χ4v) is 2.31. The van der Waals surface area contributed by atoms with Crippen molar-refractivity contribution in [2.24, 2.45) is 10.9 Å². The van der Waals surface area contributed by atoms with Gasteiger partial charge >= 0.3 is 0 Å². The lowest BCUT2D eigenvalue weighted by Gasteiger charge is -2.30. The molecule has 0 spiro atoms. The highest BCUT2D eigenvalue weighted by Gasteiger charge is 2.24. The molecule has 3 heteroatoms. The van der Waals surface area contributed by atoms with Crippen LogP contribution in [0, 0.1) is 5.92 Å². The van der Waals surface area contributed by atoms with Gasteiger partial charge < -0.3 is 4.90 Å². The highest BCUT2D eigenvalue weighted by atomic mass is 16.2. The fraction of sp³-hybridized carbons (Fsp3) is 0.833. The maximum absolute atomic E-state index is 11.5. The number of rotatable bonds is 1. The zero-order chi connectivity index (χ0) is 11.3. The van der Waals surface area contributed by atoms with E-state index in [4.69, 9.17) is 0 Å². The summed E-state index contributed by atoms with van der Waals surface area (Å²) < 4.78 is 0. The van der Waals surface area contributed by atoms with Gasteiger partial charge in [0, 0.05) is 26.4 Å². The normalized spacial score (nSPS) is 26.2. The van der Waals surface area contributed by atoms with Crippen molar-refractivity contribution in [1.29, 1.82) is 0 Å². The minimum Gasteiger partial charge on any atom is -0.301 e. The molecule has 0 aliphatic carbocycles. The van der Waals surface area contributed by atoms with Crippen molar-refractivity contribution in [3.05, 3.63) is 0 Å². The van der Waals surface area contributed by atoms with E-state index >= 15 is 0 Å². The molecule has 1 heterocycles. The Hall–Kier alpha value is -0.860. The summed E-state index contributed by atoms with van der Waals surface area (Å²) in [5, 5.41) is 0. The summed E-state index contributed by atoms with van der Waals surface area (Å²) in [6.45, 7) is 4.66. The van der Waals surface area contributed by atoms with E-state index in [-0.39, 0.29) is 5.91 Å². The van der Waals surface area contributed by atoms with Gasteiger partial charge in [-0.25, -0.2) is 0 Å². The Bertz CT molecular complexity index is 248. The molecule has 86 valence electrons. The van der Waals surface area contributed by atoms with Gasteiger partial charge in [-0.3, -0.25) is 9.79 Å². The third-order valence-corrected chi connectivity index (χ3v) is 3.18. The predicted octanol–water partition coefficient (Wildman–Crippen LogP) is 2.46. The zero-order valence-electron chi connectivity index (χ0n) is 10.1. The molecule has 1 rings (SSSR count). The Morgan fingerprint density at radius 2 is 2.20 bits per heavy atom. The van der Waals surface area contributed by atoms with Crippen molar-refractivity contribution >= 4 is 11.7 Å². The molecule has 0 saturated carbocycles. The van der Waals surface area contributed by atoms with Crippen LogP contribution in [0.2, 0.25) is 0 Å². The molecule has 15 heavy (non-hydrogen) atoms. The molecule has 1 atom stereocenters. The lowest BCUT2D eigenvalue weighted by Crippen LogP contribution is -2.41. The molecule has 3 nitrogen and oxygen atoms in total. The quantitative estimate of drug-likeness (QED) is 0.654. The molecule has 0 aromatic heterocycles. The highest BCUT2D eigenvalue weighted by Crippen LogP contribution is 2.21. The van der Waals surface area contributed by atoms with E-state index in [1.54, 1.807) is 14.0 Å². The van der Waals surface area contributed by atoms with Gasteiger partial charge in [0.1, 0.15) is 5.84 Å². The monoisotopic (exact) mass is 210 g/mol. The molecule has 0 radical (unpaired) electrons. The topological polar surface area (TPSA) is 32.7 Å². The lowest BCUT2D eigenvalue weighted by atomic mass is 9.94. The second kappa shape index (κ2) is 5.89. The third kappa shape index (κ3) is 3.05. The molecule has 1 aliphatic heterocycles. The van der Waals surface area contributed by atoms with Crippen LogP contribution in [0.4, 0.5) is 0 Å². The predicted molar refractivity (Wildman–Crippen MR) is 63.0 cm³/mol. The molecule has 1 unspecified atom stereocenters. The van der Waals surface area contributed by atoms with Crippen LogP contribution < -0.4 is 0 Å². The number of hydrogen-bond acceptors (Lipinski definition) is 2. The van der Waals surface area contributed by atoms with Crippen LogP contribution in [0.3, 0.4) is 0 Å². The van der Waals surface area contributed by atoms with Crippen LogP contribution >= 0.6 is 0 Å². The molecule has 0 aromatic rings. The highest BCUT2D eigenvalue weighted by molar-refractivity contribution is 5.98. The van der Waals surface area contributed by atoms with Gasteiger partial charge in [-0.15, -0.1) is 0 Å². The van der Waals surface area contributed by atoms with Crippen molar-refractivity contribution in [2.75, 3.05) is 13.6 Å². The van der Waals surface area contributed by atoms with Crippen LogP contribution in [-0.4, -0.2) is 30.2 Å². The summed E-state index contributed by atoms with van der Waals surface area (Å²) in [6, 6.07) is 0. The number of aliphatic imine (C=N–C) groups is 1. The van der Waals surface area contributed by atoms with E-state index < -0.39 is 0 Å². The number of hydrogen-bond donors (Lipinski definition) is 0. The van der Waals surface area contributed by atoms with E-state index in [1.807, 2.05) is 4.90 Å². The first kappa shape index (κ1) is 12.2. The smallest absolute Gasteiger partial charge is 0.224 e. The first-order valence-electron chi connectivity index (χ1n) is 5.95. The van der Waals surface area contributed by atoms with Crippen molar-refractivity contribution in [3.63, 3.8) is 0 Å². The molecule has 1 fully saturated rings. The van der Waals surface area contributed by atoms with Gasteiger partial charge in [-0.05, 0) is 19.3 Å². The first-order valence-corrected chi connectivity index (χ1v) is 5.95. The standard InChI is InChI=1S/C12H22N2O/c1-4-11-8-6-5-7-9-14(10(2)15)12(11)13-3/h11H,4-9H2,1-3H3. The molecular formula is C12H22N2O. The Kier molecular flexibility index (Phi) is 4.79. The summed E-state index contributed by atoms with van der Waals surface area (Å²) in [4.78, 5) is 17.7. The number of carbonyl (C=O) groups is 1. The summed E-state index contributed by atoms with van der Waals surface area (Å²) >= 11 is 0. The van der Waals surface area contributed by atoms with Crippen LogP contribution in [0.15, 0.2) is 4.99 Å². The SMILES string of the molecule is CCC1CCCCCN(C(C)=O)C1=NC. The van der Waals surface area contributed by atoms with Crippen molar-refractivity contribution in [1.82, 2.24) is 4.90 Å². The van der Waals surface area contributed by atoms with Gasteiger partial charge in [0.05, 0.1) is 0 Å². The fourth-order valence-electron chi connectivity index (χ4n) is 2.31. The van der Waals surface area contributed by atoms with Crippen molar-refractivity contribution in [2.45, 2.75) is 46.0 Å². The van der Waals surface area contributed by atoms with Gasteiger partial charge in [-0.2, -0.15) is 0 Å². The first-order chi connectivity index (χ1) is 7.20. The van der Waals surface area contributed by atoms with Gasteiger partial charge in [0.2, 0.25) is 5.91 Å². The summed E-state index contributed by atoms with van der Waals surface area (Å²) in [5.74, 6) is 1.61. The maximum Gasteiger partial charge on any atom is 0.224 e. The Labute approximate surface area is 92.6 Å². The molecule has 1 amide bonds. The molecule has 0 bridgehead atoms. The van der Waals surface area contributed by atoms with Crippen LogP contribution in [0.25, 0.3) is 0 Å². The van der Waals surface area contributed by atoms with E-state index in [2.05, 4.69) is 11.9 Å². The second-order valence-electron chi connectivity index (χ2n) is 4.21. The molecular weight excluding hydrogens is 188 g/mol. The average Bonchev–Trinajstić information content (AvgIpc) is 2.17. The number of nitrogens with zero attached hydrogens (tertiary/aromatic N) is 2. The van der Waals surface area contributed by atoms with E-state index in [9.17, 15) is 4.79 Å². The van der Waals surface area contributed by atoms with Crippen molar-refractivity contribution < 1.29 is 4.79 Å². The van der Waals surface area contributed by atoms with E-state index in [1.165, 1.54) is 19.3 Å². The van der Waals surface area contributed by atoms with E-state index in [0.717, 1.165) is 25.2 Å². The number of amidine groups is 1.